The number of hydrogen-bond donors (Lipinski definition) is 3. The van der Waals surface area contributed by atoms with Crippen LogP contribution in [0.4, 0.5) is 16.4 Å². The maximum Gasteiger partial charge on any atom is 0.319 e. The Hall–Kier alpha value is -3.20. The first-order chi connectivity index (χ1) is 13.2. The molecule has 0 saturated carbocycles. The van der Waals surface area contributed by atoms with Gasteiger partial charge in [0.15, 0.2) is 0 Å². The van der Waals surface area contributed by atoms with Crippen LogP contribution in [0.1, 0.15) is 5.56 Å². The molecule has 4 rings (SSSR count). The van der Waals surface area contributed by atoms with Gasteiger partial charge in [-0.3, -0.25) is 4.68 Å². The van der Waals surface area contributed by atoms with Gasteiger partial charge in [-0.05, 0) is 11.6 Å². The van der Waals surface area contributed by atoms with Crippen molar-refractivity contribution in [3.63, 3.8) is 0 Å². The molecule has 2 aromatic heterocycles. The molecule has 3 heterocycles. The monoisotopic (exact) mass is 366 g/mol. The Morgan fingerprint density at radius 1 is 1.22 bits per heavy atom. The smallest absolute Gasteiger partial charge is 0.319 e. The quantitative estimate of drug-likeness (QED) is 0.639. The van der Waals surface area contributed by atoms with Crippen LogP contribution in [-0.2, 0) is 13.6 Å². The number of urea groups is 1. The van der Waals surface area contributed by atoms with Crippen LogP contribution >= 0.6 is 0 Å². The van der Waals surface area contributed by atoms with E-state index in [0.29, 0.717) is 18.2 Å². The van der Waals surface area contributed by atoms with E-state index < -0.39 is 0 Å². The molecule has 9 heteroatoms. The number of nitrogens with zero attached hydrogens (tertiary/aromatic N) is 5. The molecule has 1 saturated heterocycles. The number of piperazine rings is 1. The van der Waals surface area contributed by atoms with E-state index in [1.165, 1.54) is 0 Å². The topological polar surface area (TPSA) is 100 Å². The van der Waals surface area contributed by atoms with E-state index in [-0.39, 0.29) is 6.03 Å². The number of amides is 2. The highest BCUT2D eigenvalue weighted by molar-refractivity contribution is 5.89. The molecule has 0 unspecified atom stereocenters. The van der Waals surface area contributed by atoms with Gasteiger partial charge in [-0.2, -0.15) is 5.10 Å². The minimum absolute atomic E-state index is 0.297. The third-order valence-corrected chi connectivity index (χ3v) is 4.44. The lowest BCUT2D eigenvalue weighted by Gasteiger charge is -2.27. The normalized spacial score (nSPS) is 14.3. The molecule has 0 atom stereocenters. The first kappa shape index (κ1) is 17.2. The lowest BCUT2D eigenvalue weighted by molar-refractivity contribution is 0.251. The van der Waals surface area contributed by atoms with Crippen LogP contribution in [0.3, 0.4) is 0 Å². The molecule has 0 spiro atoms. The second-order valence-corrected chi connectivity index (χ2v) is 6.51. The minimum Gasteiger partial charge on any atom is -0.338 e. The number of anilines is 2. The van der Waals surface area contributed by atoms with Crippen LogP contribution in [0.15, 0.2) is 36.8 Å². The van der Waals surface area contributed by atoms with Gasteiger partial charge in [0.2, 0.25) is 5.95 Å². The molecule has 0 radical (unpaired) electrons. The van der Waals surface area contributed by atoms with E-state index in [2.05, 4.69) is 35.9 Å². The fraction of sp³-hybridized carbons (Fsp3) is 0.333. The van der Waals surface area contributed by atoms with Gasteiger partial charge in [0.05, 0.1) is 23.6 Å². The number of carbonyl (C=O) groups is 1. The first-order valence-corrected chi connectivity index (χ1v) is 8.92. The molecule has 27 heavy (non-hydrogen) atoms. The molecule has 1 aliphatic heterocycles. The highest BCUT2D eigenvalue weighted by Crippen LogP contribution is 2.14. The number of hydrogen-bond acceptors (Lipinski definition) is 6. The lowest BCUT2D eigenvalue weighted by atomic mass is 10.2. The molecule has 9 nitrogen and oxygen atoms in total. The van der Waals surface area contributed by atoms with Crippen LogP contribution in [0.2, 0.25) is 0 Å². The van der Waals surface area contributed by atoms with Gasteiger partial charge in [0.25, 0.3) is 0 Å². The van der Waals surface area contributed by atoms with Gasteiger partial charge in [0.1, 0.15) is 0 Å². The summed E-state index contributed by atoms with van der Waals surface area (Å²) in [5, 5.41) is 14.3. The SMILES string of the molecule is Cn1cc2ccc(CNC(=O)Nc3cnc(N4CCNCC4)nc3)cc2n1. The third-order valence-electron chi connectivity index (χ3n) is 4.44. The minimum atomic E-state index is -0.297. The first-order valence-electron chi connectivity index (χ1n) is 8.92. The average Bonchev–Trinajstić information content (AvgIpc) is 3.07. The van der Waals surface area contributed by atoms with Crippen molar-refractivity contribution in [3.8, 4) is 0 Å². The fourth-order valence-electron chi connectivity index (χ4n) is 3.07. The van der Waals surface area contributed by atoms with E-state index in [0.717, 1.165) is 42.6 Å². The number of aryl methyl sites for hydroxylation is 1. The molecule has 1 aliphatic rings. The van der Waals surface area contributed by atoms with Crippen molar-refractivity contribution in [2.75, 3.05) is 36.4 Å². The number of nitrogens with one attached hydrogen (secondary N) is 3. The molecule has 2 amide bonds. The Bertz CT molecular complexity index is 930. The van der Waals surface area contributed by atoms with Crippen LogP contribution in [-0.4, -0.2) is 52.0 Å². The van der Waals surface area contributed by atoms with E-state index in [9.17, 15) is 4.79 Å². The largest absolute Gasteiger partial charge is 0.338 e. The van der Waals surface area contributed by atoms with Crippen molar-refractivity contribution < 1.29 is 4.79 Å². The maximum atomic E-state index is 12.1. The molecule has 0 aliphatic carbocycles. The predicted molar refractivity (Wildman–Crippen MR) is 104 cm³/mol. The number of carbonyl (C=O) groups excluding carboxylic acids is 1. The van der Waals surface area contributed by atoms with Crippen molar-refractivity contribution in [3.05, 3.63) is 42.4 Å². The molecular formula is C18H22N8O. The van der Waals surface area contributed by atoms with Crippen molar-refractivity contribution >= 4 is 28.6 Å². The molecule has 1 aromatic carbocycles. The van der Waals surface area contributed by atoms with Crippen molar-refractivity contribution in [2.45, 2.75) is 6.54 Å². The summed E-state index contributed by atoms with van der Waals surface area (Å²) in [5.74, 6) is 0.686. The zero-order valence-electron chi connectivity index (χ0n) is 15.1. The Morgan fingerprint density at radius 2 is 2.00 bits per heavy atom. The summed E-state index contributed by atoms with van der Waals surface area (Å²) in [6, 6.07) is 5.66. The molecular weight excluding hydrogens is 344 g/mol. The zero-order valence-corrected chi connectivity index (χ0v) is 15.1. The van der Waals surface area contributed by atoms with Gasteiger partial charge in [-0.25, -0.2) is 14.8 Å². The van der Waals surface area contributed by atoms with Gasteiger partial charge in [0, 0.05) is 51.4 Å². The summed E-state index contributed by atoms with van der Waals surface area (Å²) >= 11 is 0. The summed E-state index contributed by atoms with van der Waals surface area (Å²) < 4.78 is 1.78. The van der Waals surface area contributed by atoms with Gasteiger partial charge in [-0.15, -0.1) is 0 Å². The van der Waals surface area contributed by atoms with E-state index in [1.54, 1.807) is 17.1 Å². The highest BCUT2D eigenvalue weighted by atomic mass is 16.2. The van der Waals surface area contributed by atoms with Gasteiger partial charge in [-0.1, -0.05) is 12.1 Å². The van der Waals surface area contributed by atoms with Crippen molar-refractivity contribution in [1.82, 2.24) is 30.4 Å². The summed E-state index contributed by atoms with van der Waals surface area (Å²) in [7, 11) is 1.89. The number of aromatic nitrogens is 4. The fourth-order valence-corrected chi connectivity index (χ4v) is 3.07. The standard InChI is InChI=1S/C18H22N8O/c1-25-12-14-3-2-13(8-16(14)24-25)9-22-18(27)23-15-10-20-17(21-11-15)26-6-4-19-5-7-26/h2-3,8,10-12,19H,4-7,9H2,1H3,(H2,22,23,27). The Morgan fingerprint density at radius 3 is 2.78 bits per heavy atom. The number of benzene rings is 1. The highest BCUT2D eigenvalue weighted by Gasteiger charge is 2.13. The summed E-state index contributed by atoms with van der Waals surface area (Å²) in [5.41, 5.74) is 2.46. The Kier molecular flexibility index (Phi) is 4.84. The van der Waals surface area contributed by atoms with Crippen LogP contribution in [0.25, 0.3) is 10.9 Å². The second-order valence-electron chi connectivity index (χ2n) is 6.51. The number of rotatable bonds is 4. The summed E-state index contributed by atoms with van der Waals surface area (Å²) in [6.45, 7) is 4.03. The van der Waals surface area contributed by atoms with Gasteiger partial charge >= 0.3 is 6.03 Å². The lowest BCUT2D eigenvalue weighted by Crippen LogP contribution is -2.44. The molecule has 140 valence electrons. The molecule has 0 bridgehead atoms. The molecule has 3 N–H and O–H groups in total. The van der Waals surface area contributed by atoms with Crippen LogP contribution in [0.5, 0.6) is 0 Å². The van der Waals surface area contributed by atoms with E-state index in [4.69, 9.17) is 0 Å². The Balaban J connectivity index is 1.31. The van der Waals surface area contributed by atoms with E-state index in [1.807, 2.05) is 31.4 Å². The zero-order chi connectivity index (χ0) is 18.6. The van der Waals surface area contributed by atoms with Crippen LogP contribution in [0, 0.1) is 0 Å². The van der Waals surface area contributed by atoms with Gasteiger partial charge < -0.3 is 20.9 Å². The predicted octanol–water partition coefficient (Wildman–Crippen LogP) is 1.09. The summed E-state index contributed by atoms with van der Waals surface area (Å²) in [6.07, 6.45) is 5.22. The summed E-state index contributed by atoms with van der Waals surface area (Å²) in [4.78, 5) is 22.9. The average molecular weight is 366 g/mol. The third kappa shape index (κ3) is 4.14. The van der Waals surface area contributed by atoms with Crippen molar-refractivity contribution in [1.29, 1.82) is 0 Å². The second kappa shape index (κ2) is 7.58. The number of fused-ring (bicyclic) bond motifs is 1. The Labute approximate surface area is 156 Å². The molecule has 1 fully saturated rings. The van der Waals surface area contributed by atoms with Crippen molar-refractivity contribution in [2.24, 2.45) is 7.05 Å². The molecule has 3 aromatic rings. The van der Waals surface area contributed by atoms with E-state index >= 15 is 0 Å². The van der Waals surface area contributed by atoms with Crippen LogP contribution < -0.4 is 20.9 Å². The maximum absolute atomic E-state index is 12.1.